The lowest BCUT2D eigenvalue weighted by molar-refractivity contribution is 0.194. The van der Waals surface area contributed by atoms with E-state index in [9.17, 15) is 4.79 Å². The first-order chi connectivity index (χ1) is 11.5. The maximum Gasteiger partial charge on any atom is 0.404 e. The van der Waals surface area contributed by atoms with Crippen molar-refractivity contribution in [1.29, 1.82) is 0 Å². The third-order valence-corrected chi connectivity index (χ3v) is 3.66. The fourth-order valence-corrected chi connectivity index (χ4v) is 2.40. The quantitative estimate of drug-likeness (QED) is 0.611. The zero-order chi connectivity index (χ0) is 17.1. The Morgan fingerprint density at radius 1 is 1.38 bits per heavy atom. The van der Waals surface area contributed by atoms with Gasteiger partial charge in [0.15, 0.2) is 0 Å². The summed E-state index contributed by atoms with van der Waals surface area (Å²) in [5, 5.41) is 11.4. The van der Waals surface area contributed by atoms with E-state index in [2.05, 4.69) is 15.3 Å². The highest BCUT2D eigenvalue weighted by molar-refractivity contribution is 6.33. The lowest BCUT2D eigenvalue weighted by Gasteiger charge is -2.10. The maximum atomic E-state index is 10.6. The van der Waals surface area contributed by atoms with Gasteiger partial charge in [0.1, 0.15) is 17.6 Å². The fourth-order valence-electron chi connectivity index (χ4n) is 2.23. The van der Waals surface area contributed by atoms with Crippen molar-refractivity contribution in [2.24, 2.45) is 0 Å². The Morgan fingerprint density at radius 3 is 2.96 bits per heavy atom. The van der Waals surface area contributed by atoms with Gasteiger partial charge >= 0.3 is 6.09 Å². The Hall–Kier alpha value is -3.00. The summed E-state index contributed by atoms with van der Waals surface area (Å²) in [5.74, 6) is 0.840. The lowest BCUT2D eigenvalue weighted by atomic mass is 10.3. The van der Waals surface area contributed by atoms with Crippen LogP contribution in [-0.4, -0.2) is 32.3 Å². The molecule has 0 aliphatic rings. The molecule has 1 amide bonds. The first-order valence-corrected chi connectivity index (χ1v) is 7.42. The molecule has 4 N–H and O–H groups in total. The Morgan fingerprint density at radius 2 is 2.21 bits per heavy atom. The molecule has 2 aromatic heterocycles. The third-order valence-electron chi connectivity index (χ3n) is 3.33. The number of fused-ring (bicyclic) bond motifs is 1. The second-order valence-electron chi connectivity index (χ2n) is 4.94. The monoisotopic (exact) mass is 347 g/mol. The lowest BCUT2D eigenvalue weighted by Crippen LogP contribution is -2.25. The maximum absolute atomic E-state index is 10.6. The van der Waals surface area contributed by atoms with Gasteiger partial charge in [-0.05, 0) is 18.2 Å². The molecule has 0 atom stereocenters. The fraction of sp³-hybridized carbons (Fsp3) is 0.133. The Bertz CT molecular complexity index is 896. The van der Waals surface area contributed by atoms with E-state index >= 15 is 0 Å². The van der Waals surface area contributed by atoms with E-state index in [1.54, 1.807) is 30.5 Å². The second kappa shape index (κ2) is 6.63. The van der Waals surface area contributed by atoms with Crippen molar-refractivity contribution in [3.05, 3.63) is 41.8 Å². The molecule has 0 bridgehead atoms. The molecule has 0 fully saturated rings. The van der Waals surface area contributed by atoms with Crippen molar-refractivity contribution in [2.75, 3.05) is 12.3 Å². The van der Waals surface area contributed by atoms with Crippen LogP contribution in [0.15, 0.2) is 36.8 Å². The molecule has 0 spiro atoms. The molecule has 0 radical (unpaired) electrons. The highest BCUT2D eigenvalue weighted by atomic mass is 35.5. The van der Waals surface area contributed by atoms with Crippen molar-refractivity contribution in [1.82, 2.24) is 19.9 Å². The predicted molar refractivity (Wildman–Crippen MR) is 89.5 cm³/mol. The van der Waals surface area contributed by atoms with E-state index in [1.165, 1.54) is 6.33 Å². The van der Waals surface area contributed by atoms with E-state index in [4.69, 9.17) is 27.2 Å². The molecule has 0 unspecified atom stereocenters. The highest BCUT2D eigenvalue weighted by Crippen LogP contribution is 2.30. The largest absolute Gasteiger partial charge is 0.465 e. The third kappa shape index (κ3) is 3.33. The number of halogens is 1. The molecule has 24 heavy (non-hydrogen) atoms. The van der Waals surface area contributed by atoms with Crippen LogP contribution in [0.5, 0.6) is 11.6 Å². The summed E-state index contributed by atoms with van der Waals surface area (Å²) in [5.41, 5.74) is 7.50. The van der Waals surface area contributed by atoms with Crippen LogP contribution < -0.4 is 15.8 Å². The Labute approximate surface area is 141 Å². The number of nitrogens with one attached hydrogen (secondary N) is 1. The number of nitrogens with two attached hydrogens (primary N) is 1. The molecule has 0 saturated heterocycles. The standard InChI is InChI=1S/C15H14ClN5O3/c16-10-7-9(1-2-11(10)17)24-14-13-12(19-8-20-14)3-5-21(13)6-4-18-15(22)23/h1-3,5,7-8,18H,4,6,17H2,(H,22,23). The molecule has 3 rings (SSSR count). The number of carbonyl (C=O) groups is 1. The number of carboxylic acid groups (broad SMARTS) is 1. The number of hydrogen-bond acceptors (Lipinski definition) is 5. The minimum Gasteiger partial charge on any atom is -0.465 e. The molecule has 9 heteroatoms. The van der Waals surface area contributed by atoms with Gasteiger partial charge in [-0.3, -0.25) is 0 Å². The first-order valence-electron chi connectivity index (χ1n) is 7.04. The minimum atomic E-state index is -1.07. The van der Waals surface area contributed by atoms with Crippen molar-refractivity contribution in [3.8, 4) is 11.6 Å². The summed E-state index contributed by atoms with van der Waals surface area (Å²) < 4.78 is 7.62. The summed E-state index contributed by atoms with van der Waals surface area (Å²) in [4.78, 5) is 18.9. The zero-order valence-electron chi connectivity index (χ0n) is 12.4. The Kier molecular flexibility index (Phi) is 4.39. The van der Waals surface area contributed by atoms with Crippen LogP contribution >= 0.6 is 11.6 Å². The summed E-state index contributed by atoms with van der Waals surface area (Å²) in [6.45, 7) is 0.670. The summed E-state index contributed by atoms with van der Waals surface area (Å²) in [6.07, 6.45) is 2.12. The molecular weight excluding hydrogens is 334 g/mol. The van der Waals surface area contributed by atoms with Crippen LogP contribution in [0.3, 0.4) is 0 Å². The number of ether oxygens (including phenoxy) is 1. The predicted octanol–water partition coefficient (Wildman–Crippen LogP) is 2.73. The molecule has 8 nitrogen and oxygen atoms in total. The topological polar surface area (TPSA) is 115 Å². The summed E-state index contributed by atoms with van der Waals surface area (Å²) >= 11 is 6.00. The smallest absolute Gasteiger partial charge is 0.404 e. The number of nitrogen functional groups attached to an aromatic ring is 1. The first kappa shape index (κ1) is 15.9. The molecule has 0 saturated carbocycles. The normalized spacial score (nSPS) is 10.7. The zero-order valence-corrected chi connectivity index (χ0v) is 13.2. The van der Waals surface area contributed by atoms with E-state index in [1.807, 2.05) is 4.57 Å². The van der Waals surface area contributed by atoms with Gasteiger partial charge in [0, 0.05) is 25.4 Å². The van der Waals surface area contributed by atoms with Crippen LogP contribution in [0.1, 0.15) is 0 Å². The van der Waals surface area contributed by atoms with Gasteiger partial charge in [-0.1, -0.05) is 11.6 Å². The van der Waals surface area contributed by atoms with Crippen molar-refractivity contribution < 1.29 is 14.6 Å². The number of hydrogen-bond donors (Lipinski definition) is 3. The van der Waals surface area contributed by atoms with Crippen molar-refractivity contribution >= 4 is 34.4 Å². The molecule has 3 aromatic rings. The average molecular weight is 348 g/mol. The van der Waals surface area contributed by atoms with Gasteiger partial charge in [0.05, 0.1) is 16.2 Å². The highest BCUT2D eigenvalue weighted by Gasteiger charge is 2.12. The van der Waals surface area contributed by atoms with E-state index in [0.717, 1.165) is 0 Å². The molecule has 0 aliphatic carbocycles. The van der Waals surface area contributed by atoms with Gasteiger partial charge in [0.2, 0.25) is 5.88 Å². The summed E-state index contributed by atoms with van der Waals surface area (Å²) in [7, 11) is 0. The van der Waals surface area contributed by atoms with Gasteiger partial charge in [0.25, 0.3) is 0 Å². The minimum absolute atomic E-state index is 0.251. The number of rotatable bonds is 5. The van der Waals surface area contributed by atoms with E-state index < -0.39 is 6.09 Å². The average Bonchev–Trinajstić information content (AvgIpc) is 2.95. The molecular formula is C15H14ClN5O3. The number of amides is 1. The number of benzene rings is 1. The van der Waals surface area contributed by atoms with Crippen LogP contribution in [0.2, 0.25) is 5.02 Å². The van der Waals surface area contributed by atoms with Crippen LogP contribution in [0.25, 0.3) is 11.0 Å². The van der Waals surface area contributed by atoms with Gasteiger partial charge in [-0.2, -0.15) is 4.98 Å². The van der Waals surface area contributed by atoms with E-state index in [-0.39, 0.29) is 6.54 Å². The van der Waals surface area contributed by atoms with Crippen molar-refractivity contribution in [3.63, 3.8) is 0 Å². The molecule has 2 heterocycles. The number of aromatic nitrogens is 3. The number of anilines is 1. The van der Waals surface area contributed by atoms with Gasteiger partial charge in [-0.25, -0.2) is 9.78 Å². The number of nitrogens with zero attached hydrogens (tertiary/aromatic N) is 3. The SMILES string of the molecule is Nc1ccc(Oc2ncnc3ccn(CCNC(=O)O)c23)cc1Cl. The van der Waals surface area contributed by atoms with E-state index in [0.29, 0.717) is 39.9 Å². The molecule has 1 aromatic carbocycles. The van der Waals surface area contributed by atoms with Gasteiger partial charge in [-0.15, -0.1) is 0 Å². The van der Waals surface area contributed by atoms with Crippen LogP contribution in [-0.2, 0) is 6.54 Å². The second-order valence-corrected chi connectivity index (χ2v) is 5.35. The summed E-state index contributed by atoms with van der Waals surface area (Å²) in [6, 6.07) is 6.74. The molecule has 0 aliphatic heterocycles. The van der Waals surface area contributed by atoms with Crippen molar-refractivity contribution in [2.45, 2.75) is 6.54 Å². The Balaban J connectivity index is 1.90. The van der Waals surface area contributed by atoms with Gasteiger partial charge < -0.3 is 25.5 Å². The van der Waals surface area contributed by atoms with Crippen LogP contribution in [0.4, 0.5) is 10.5 Å². The van der Waals surface area contributed by atoms with Crippen LogP contribution in [0, 0.1) is 0 Å². The molecule has 124 valence electrons.